The summed E-state index contributed by atoms with van der Waals surface area (Å²) < 4.78 is 0. The van der Waals surface area contributed by atoms with E-state index in [1.54, 1.807) is 31.4 Å². The smallest absolute Gasteiger partial charge is 0.303 e. The third-order valence-corrected chi connectivity index (χ3v) is 4.14. The molecule has 0 aliphatic heterocycles. The first-order chi connectivity index (χ1) is 5.18. The van der Waals surface area contributed by atoms with Crippen LogP contribution in [0.5, 0.6) is 0 Å². The molecule has 0 saturated heterocycles. The Bertz CT molecular complexity index is 85.9. The quantitative estimate of drug-likeness (QED) is 0.728. The van der Waals surface area contributed by atoms with Crippen LogP contribution in [0.25, 0.3) is 0 Å². The number of aliphatic carboxylic acids is 1. The molecule has 0 spiro atoms. The van der Waals surface area contributed by atoms with Crippen molar-refractivity contribution in [1.29, 1.82) is 0 Å². The number of rotatable bonds is 4. The Morgan fingerprint density at radius 3 is 1.82 bits per heavy atom. The van der Waals surface area contributed by atoms with E-state index >= 15 is 0 Å². The molecule has 0 fully saturated rings. The SMILES string of the molecule is CCCC(=O)O.CSSSC. The summed E-state index contributed by atoms with van der Waals surface area (Å²) in [6, 6.07) is 0. The third kappa shape index (κ3) is 25.1. The minimum absolute atomic E-state index is 0.292. The van der Waals surface area contributed by atoms with Gasteiger partial charge in [-0.1, -0.05) is 28.5 Å². The van der Waals surface area contributed by atoms with E-state index in [1.807, 2.05) is 6.92 Å². The fourth-order valence-corrected chi connectivity index (χ4v) is 2.05. The number of carboxylic acids is 1. The Morgan fingerprint density at radius 1 is 1.36 bits per heavy atom. The molecule has 0 heterocycles. The molecule has 0 radical (unpaired) electrons. The summed E-state index contributed by atoms with van der Waals surface area (Å²) in [7, 11) is 5.36. The van der Waals surface area contributed by atoms with Gasteiger partial charge in [0.05, 0.1) is 0 Å². The third-order valence-electron chi connectivity index (χ3n) is 0.600. The molecule has 68 valence electrons. The first-order valence-electron chi connectivity index (χ1n) is 3.14. The van der Waals surface area contributed by atoms with E-state index in [2.05, 4.69) is 12.5 Å². The molecule has 5 heteroatoms. The molecule has 0 rings (SSSR count). The minimum atomic E-state index is -0.711. The van der Waals surface area contributed by atoms with Crippen LogP contribution in [0.4, 0.5) is 0 Å². The second-order valence-electron chi connectivity index (χ2n) is 1.55. The zero-order valence-electron chi connectivity index (χ0n) is 6.99. The van der Waals surface area contributed by atoms with Gasteiger partial charge < -0.3 is 5.11 Å². The summed E-state index contributed by atoms with van der Waals surface area (Å²) >= 11 is 0. The molecule has 0 bridgehead atoms. The molecule has 0 amide bonds. The molecule has 0 aliphatic rings. The van der Waals surface area contributed by atoms with Crippen molar-refractivity contribution in [3.8, 4) is 0 Å². The maximum Gasteiger partial charge on any atom is 0.303 e. The second-order valence-corrected chi connectivity index (χ2v) is 5.98. The minimum Gasteiger partial charge on any atom is -0.481 e. The average Bonchev–Trinajstić information content (AvgIpc) is 1.90. The number of hydrogen-bond acceptors (Lipinski definition) is 4. The van der Waals surface area contributed by atoms with Crippen molar-refractivity contribution in [3.63, 3.8) is 0 Å². The monoisotopic (exact) mass is 214 g/mol. The van der Waals surface area contributed by atoms with Gasteiger partial charge in [-0.05, 0) is 28.8 Å². The van der Waals surface area contributed by atoms with Gasteiger partial charge in [-0.2, -0.15) is 0 Å². The molecule has 0 atom stereocenters. The number of carbonyl (C=O) groups is 1. The molecule has 1 N–H and O–H groups in total. The Balaban J connectivity index is 0. The summed E-state index contributed by atoms with van der Waals surface area (Å²) in [6.45, 7) is 1.84. The van der Waals surface area contributed by atoms with Crippen molar-refractivity contribution in [2.75, 3.05) is 12.5 Å². The Hall–Kier alpha value is 0.520. The van der Waals surface area contributed by atoms with Crippen LogP contribution in [0, 0.1) is 0 Å². The Kier molecular flexibility index (Phi) is 16.8. The summed E-state index contributed by atoms with van der Waals surface area (Å²) in [4.78, 5) is 9.60. The lowest BCUT2D eigenvalue weighted by atomic mass is 10.4. The van der Waals surface area contributed by atoms with Gasteiger partial charge >= 0.3 is 5.97 Å². The van der Waals surface area contributed by atoms with Gasteiger partial charge in [0, 0.05) is 6.42 Å². The van der Waals surface area contributed by atoms with Gasteiger partial charge in [0.25, 0.3) is 0 Å². The van der Waals surface area contributed by atoms with Gasteiger partial charge in [0.1, 0.15) is 0 Å². The van der Waals surface area contributed by atoms with Crippen LogP contribution in [0.1, 0.15) is 19.8 Å². The largest absolute Gasteiger partial charge is 0.481 e. The fraction of sp³-hybridized carbons (Fsp3) is 0.833. The van der Waals surface area contributed by atoms with E-state index in [0.29, 0.717) is 6.42 Å². The van der Waals surface area contributed by atoms with Gasteiger partial charge in [0.2, 0.25) is 0 Å². The normalized spacial score (nSPS) is 8.27. The van der Waals surface area contributed by atoms with E-state index in [1.165, 1.54) is 0 Å². The van der Waals surface area contributed by atoms with Crippen molar-refractivity contribution in [3.05, 3.63) is 0 Å². The number of hydrogen-bond donors (Lipinski definition) is 1. The van der Waals surface area contributed by atoms with Crippen LogP contribution in [-0.4, -0.2) is 23.6 Å². The summed E-state index contributed by atoms with van der Waals surface area (Å²) in [5.41, 5.74) is 0. The lowest BCUT2D eigenvalue weighted by Crippen LogP contribution is -1.90. The first kappa shape index (κ1) is 14.1. The van der Waals surface area contributed by atoms with E-state index < -0.39 is 5.97 Å². The van der Waals surface area contributed by atoms with Crippen molar-refractivity contribution in [2.45, 2.75) is 19.8 Å². The highest BCUT2D eigenvalue weighted by molar-refractivity contribution is 9.09. The summed E-state index contributed by atoms with van der Waals surface area (Å²) in [5.74, 6) is -0.711. The highest BCUT2D eigenvalue weighted by Crippen LogP contribution is 2.28. The molecule has 0 aliphatic carbocycles. The van der Waals surface area contributed by atoms with E-state index in [0.717, 1.165) is 6.42 Å². The van der Waals surface area contributed by atoms with Crippen LogP contribution in [-0.2, 0) is 4.79 Å². The van der Waals surface area contributed by atoms with Crippen LogP contribution in [0.2, 0.25) is 0 Å². The zero-order chi connectivity index (χ0) is 9.11. The first-order valence-corrected chi connectivity index (χ1v) is 7.44. The fourth-order valence-electron chi connectivity index (χ4n) is 0.282. The summed E-state index contributed by atoms with van der Waals surface area (Å²) in [5, 5.41) is 7.91. The standard InChI is InChI=1S/C4H8O2.C2H6S3/c1-2-3-4(5)6;1-3-5-4-2/h2-3H2,1H3,(H,5,6);1-2H3. The van der Waals surface area contributed by atoms with Gasteiger partial charge in [-0.25, -0.2) is 0 Å². The molecule has 0 unspecified atom stereocenters. The van der Waals surface area contributed by atoms with E-state index in [9.17, 15) is 4.79 Å². The highest BCUT2D eigenvalue weighted by Gasteiger charge is 1.87. The van der Waals surface area contributed by atoms with Crippen molar-refractivity contribution in [1.82, 2.24) is 0 Å². The number of carboxylic acid groups (broad SMARTS) is 1. The van der Waals surface area contributed by atoms with Gasteiger partial charge in [-0.15, -0.1) is 0 Å². The molecule has 0 aromatic carbocycles. The molecule has 0 aromatic heterocycles. The maximum absolute atomic E-state index is 9.60. The van der Waals surface area contributed by atoms with Crippen molar-refractivity contribution >= 4 is 37.4 Å². The van der Waals surface area contributed by atoms with Crippen LogP contribution in [0.3, 0.4) is 0 Å². The Morgan fingerprint density at radius 2 is 1.82 bits per heavy atom. The van der Waals surface area contributed by atoms with Crippen molar-refractivity contribution in [2.24, 2.45) is 0 Å². The lowest BCUT2D eigenvalue weighted by molar-refractivity contribution is -0.137. The van der Waals surface area contributed by atoms with Crippen LogP contribution in [0.15, 0.2) is 0 Å². The molecule has 0 saturated carbocycles. The average molecular weight is 214 g/mol. The Labute approximate surface area is 79.7 Å². The molecule has 2 nitrogen and oxygen atoms in total. The van der Waals surface area contributed by atoms with E-state index in [-0.39, 0.29) is 0 Å². The van der Waals surface area contributed by atoms with Crippen LogP contribution < -0.4 is 0 Å². The topological polar surface area (TPSA) is 37.3 Å². The predicted octanol–water partition coefficient (Wildman–Crippen LogP) is 3.15. The molecular weight excluding hydrogens is 200 g/mol. The van der Waals surface area contributed by atoms with Crippen LogP contribution >= 0.6 is 31.4 Å². The molecule has 0 aromatic rings. The zero-order valence-corrected chi connectivity index (χ0v) is 9.44. The van der Waals surface area contributed by atoms with Gasteiger partial charge in [0.15, 0.2) is 0 Å². The predicted molar refractivity (Wildman–Crippen MR) is 57.2 cm³/mol. The highest BCUT2D eigenvalue weighted by atomic mass is 33.5. The lowest BCUT2D eigenvalue weighted by Gasteiger charge is -1.79. The summed E-state index contributed by atoms with van der Waals surface area (Å²) in [6.07, 6.45) is 5.16. The maximum atomic E-state index is 9.60. The van der Waals surface area contributed by atoms with Crippen molar-refractivity contribution < 1.29 is 9.90 Å². The van der Waals surface area contributed by atoms with E-state index in [4.69, 9.17) is 5.11 Å². The van der Waals surface area contributed by atoms with Gasteiger partial charge in [-0.3, -0.25) is 4.79 Å². The molecular formula is C6H14O2S3. The second kappa shape index (κ2) is 13.1. The molecule has 11 heavy (non-hydrogen) atoms.